The molecule has 0 saturated heterocycles. The third-order valence-electron chi connectivity index (χ3n) is 1.73. The van der Waals surface area contributed by atoms with Crippen LogP contribution < -0.4 is 0 Å². The summed E-state index contributed by atoms with van der Waals surface area (Å²) < 4.78 is 21.6. The summed E-state index contributed by atoms with van der Waals surface area (Å²) in [5, 5.41) is 0.920. The van der Waals surface area contributed by atoms with Gasteiger partial charge in [-0.25, -0.2) is 8.42 Å². The Morgan fingerprint density at radius 3 is 2.17 bits per heavy atom. The Hall–Kier alpha value is 0.430. The third kappa shape index (κ3) is 7.10. The van der Waals surface area contributed by atoms with Crippen LogP contribution in [0.5, 0.6) is 0 Å². The molecule has 2 nitrogen and oxygen atoms in total. The second kappa shape index (κ2) is 4.61. The van der Waals surface area contributed by atoms with E-state index in [9.17, 15) is 8.42 Å². The van der Waals surface area contributed by atoms with E-state index in [1.807, 2.05) is 0 Å². The summed E-state index contributed by atoms with van der Waals surface area (Å²) in [7, 11) is -2.77. The molecule has 12 heavy (non-hydrogen) atoms. The maximum Gasteiger partial charge on any atom is 0.147 e. The molecule has 74 valence electrons. The molecule has 0 fully saturated rings. The summed E-state index contributed by atoms with van der Waals surface area (Å²) in [5.41, 5.74) is 0.213. The normalized spacial score (nSPS) is 13.3. The van der Waals surface area contributed by atoms with Gasteiger partial charge in [-0.1, -0.05) is 29.8 Å². The number of hydrogen-bond donors (Lipinski definition) is 0. The van der Waals surface area contributed by atoms with E-state index in [0.717, 1.165) is 18.2 Å². The number of hydrogen-bond acceptors (Lipinski definition) is 2. The molecule has 0 heterocycles. The Balaban J connectivity index is 3.72. The fourth-order valence-electron chi connectivity index (χ4n) is 0.880. The number of halogens is 1. The number of sulfone groups is 1. The van der Waals surface area contributed by atoms with Gasteiger partial charge < -0.3 is 0 Å². The van der Waals surface area contributed by atoms with E-state index in [1.165, 1.54) is 6.26 Å². The number of alkyl halides is 1. The molecule has 0 aromatic heterocycles. The lowest BCUT2D eigenvalue weighted by molar-refractivity contribution is 0.385. The van der Waals surface area contributed by atoms with Crippen LogP contribution in [0.1, 0.15) is 26.7 Å². The fraction of sp³-hybridized carbons (Fsp3) is 1.00. The van der Waals surface area contributed by atoms with Crippen molar-refractivity contribution < 1.29 is 8.42 Å². The highest BCUT2D eigenvalue weighted by molar-refractivity contribution is 9.09. The SMILES string of the molecule is CC(C)(CBr)CCCS(C)(=O)=O. The zero-order valence-electron chi connectivity index (χ0n) is 7.93. The summed E-state index contributed by atoms with van der Waals surface area (Å²) in [5.74, 6) is 0.309. The average Bonchev–Trinajstić information content (AvgIpc) is 1.84. The largest absolute Gasteiger partial charge is 0.229 e. The highest BCUT2D eigenvalue weighted by atomic mass is 79.9. The van der Waals surface area contributed by atoms with Crippen LogP contribution in [-0.2, 0) is 9.84 Å². The third-order valence-corrected chi connectivity index (χ3v) is 4.28. The van der Waals surface area contributed by atoms with Gasteiger partial charge >= 0.3 is 0 Å². The molecule has 0 atom stereocenters. The van der Waals surface area contributed by atoms with Gasteiger partial charge in [-0.2, -0.15) is 0 Å². The molecule has 0 bridgehead atoms. The Morgan fingerprint density at radius 2 is 1.83 bits per heavy atom. The zero-order chi connectivity index (χ0) is 9.83. The van der Waals surface area contributed by atoms with E-state index in [0.29, 0.717) is 5.75 Å². The maximum absolute atomic E-state index is 10.8. The fourth-order valence-corrected chi connectivity index (χ4v) is 1.83. The number of rotatable bonds is 5. The molecular weight excluding hydrogens is 240 g/mol. The molecule has 0 aliphatic heterocycles. The van der Waals surface area contributed by atoms with Gasteiger partial charge in [-0.15, -0.1) is 0 Å². The van der Waals surface area contributed by atoms with Gasteiger partial charge in [0.25, 0.3) is 0 Å². The van der Waals surface area contributed by atoms with Gasteiger partial charge in [0.15, 0.2) is 0 Å². The highest BCUT2D eigenvalue weighted by Crippen LogP contribution is 2.24. The van der Waals surface area contributed by atoms with Crippen molar-refractivity contribution in [1.82, 2.24) is 0 Å². The maximum atomic E-state index is 10.8. The van der Waals surface area contributed by atoms with Crippen molar-refractivity contribution in [1.29, 1.82) is 0 Å². The minimum Gasteiger partial charge on any atom is -0.229 e. The van der Waals surface area contributed by atoms with Crippen LogP contribution in [0.4, 0.5) is 0 Å². The minimum atomic E-state index is -2.77. The Morgan fingerprint density at radius 1 is 1.33 bits per heavy atom. The van der Waals surface area contributed by atoms with E-state index in [4.69, 9.17) is 0 Å². The topological polar surface area (TPSA) is 34.1 Å². The van der Waals surface area contributed by atoms with E-state index >= 15 is 0 Å². The lowest BCUT2D eigenvalue weighted by Crippen LogP contribution is -2.15. The summed E-state index contributed by atoms with van der Waals surface area (Å²) in [6, 6.07) is 0. The van der Waals surface area contributed by atoms with Crippen molar-refractivity contribution in [3.63, 3.8) is 0 Å². The molecule has 0 aliphatic carbocycles. The van der Waals surface area contributed by atoms with Crippen LogP contribution in [0.15, 0.2) is 0 Å². The lowest BCUT2D eigenvalue weighted by Gasteiger charge is -2.20. The predicted molar refractivity (Wildman–Crippen MR) is 56.5 cm³/mol. The van der Waals surface area contributed by atoms with E-state index in [2.05, 4.69) is 29.8 Å². The van der Waals surface area contributed by atoms with Crippen molar-refractivity contribution in [3.05, 3.63) is 0 Å². The minimum absolute atomic E-state index is 0.213. The van der Waals surface area contributed by atoms with Gasteiger partial charge in [-0.05, 0) is 18.3 Å². The molecule has 0 aromatic rings. The second-order valence-electron chi connectivity index (χ2n) is 4.03. The van der Waals surface area contributed by atoms with Crippen molar-refractivity contribution in [2.24, 2.45) is 5.41 Å². The average molecular weight is 257 g/mol. The predicted octanol–water partition coefficient (Wildman–Crippen LogP) is 2.23. The highest BCUT2D eigenvalue weighted by Gasteiger charge is 2.16. The standard InChI is InChI=1S/C8H17BrO2S/c1-8(2,7-9)5-4-6-12(3,10)11/h4-7H2,1-3H3. The van der Waals surface area contributed by atoms with Gasteiger partial charge in [0.1, 0.15) is 9.84 Å². The Bertz CT molecular complexity index is 219. The summed E-state index contributed by atoms with van der Waals surface area (Å²) in [6.45, 7) is 4.26. The first-order valence-corrected chi connectivity index (χ1v) is 7.19. The zero-order valence-corrected chi connectivity index (χ0v) is 10.3. The molecule has 0 spiro atoms. The first-order chi connectivity index (χ1) is 5.27. The molecule has 0 amide bonds. The lowest BCUT2D eigenvalue weighted by atomic mass is 9.91. The summed E-state index contributed by atoms with van der Waals surface area (Å²) >= 11 is 3.40. The van der Waals surface area contributed by atoms with Crippen LogP contribution >= 0.6 is 15.9 Å². The molecule has 0 N–H and O–H groups in total. The monoisotopic (exact) mass is 256 g/mol. The first-order valence-electron chi connectivity index (χ1n) is 4.00. The van der Waals surface area contributed by atoms with Gasteiger partial charge in [0.05, 0.1) is 0 Å². The summed E-state index contributed by atoms with van der Waals surface area (Å²) in [6.07, 6.45) is 3.00. The van der Waals surface area contributed by atoms with E-state index < -0.39 is 9.84 Å². The van der Waals surface area contributed by atoms with Crippen LogP contribution in [-0.4, -0.2) is 25.8 Å². The molecular formula is C8H17BrO2S. The molecule has 0 rings (SSSR count). The van der Waals surface area contributed by atoms with Crippen LogP contribution in [0.2, 0.25) is 0 Å². The van der Waals surface area contributed by atoms with Crippen molar-refractivity contribution in [2.75, 3.05) is 17.3 Å². The van der Waals surface area contributed by atoms with Crippen molar-refractivity contribution in [3.8, 4) is 0 Å². The van der Waals surface area contributed by atoms with E-state index in [1.54, 1.807) is 0 Å². The Labute approximate surface area is 83.8 Å². The molecule has 0 unspecified atom stereocenters. The summed E-state index contributed by atoms with van der Waals surface area (Å²) in [4.78, 5) is 0. The first kappa shape index (κ1) is 12.4. The van der Waals surface area contributed by atoms with Gasteiger partial charge in [-0.3, -0.25) is 0 Å². The Kier molecular flexibility index (Phi) is 4.77. The molecule has 0 aromatic carbocycles. The van der Waals surface area contributed by atoms with Gasteiger partial charge in [0, 0.05) is 17.3 Å². The second-order valence-corrected chi connectivity index (χ2v) is 6.85. The van der Waals surface area contributed by atoms with Gasteiger partial charge in [0.2, 0.25) is 0 Å². The van der Waals surface area contributed by atoms with E-state index in [-0.39, 0.29) is 5.41 Å². The van der Waals surface area contributed by atoms with Crippen LogP contribution in [0.3, 0.4) is 0 Å². The smallest absolute Gasteiger partial charge is 0.147 e. The molecule has 0 radical (unpaired) electrons. The van der Waals surface area contributed by atoms with Crippen molar-refractivity contribution >= 4 is 25.8 Å². The van der Waals surface area contributed by atoms with Crippen LogP contribution in [0, 0.1) is 5.41 Å². The molecule has 0 aliphatic rings. The molecule has 0 saturated carbocycles. The quantitative estimate of drug-likeness (QED) is 0.708. The van der Waals surface area contributed by atoms with Crippen LogP contribution in [0.25, 0.3) is 0 Å². The molecule has 4 heteroatoms. The van der Waals surface area contributed by atoms with Crippen molar-refractivity contribution in [2.45, 2.75) is 26.7 Å².